The minimum absolute atomic E-state index is 0.0650. The number of carbonyl (C=O) groups excluding carboxylic acids is 1. The van der Waals surface area contributed by atoms with Crippen LogP contribution in [-0.4, -0.2) is 71.8 Å². The molecule has 3 aliphatic rings. The monoisotopic (exact) mass is 685 g/mol. The highest BCUT2D eigenvalue weighted by Crippen LogP contribution is 2.36. The molecular weight excluding hydrogens is 652 g/mol. The zero-order valence-electron chi connectivity index (χ0n) is 25.7. The maximum Gasteiger partial charge on any atom is 0.264 e. The lowest BCUT2D eigenvalue weighted by molar-refractivity contribution is -0.118. The number of alkyl halides is 3. The Labute approximate surface area is 274 Å². The molecule has 0 bridgehead atoms. The van der Waals surface area contributed by atoms with Crippen LogP contribution >= 0.6 is 11.3 Å². The molecule has 0 radical (unpaired) electrons. The average molecular weight is 686 g/mol. The number of sulfone groups is 1. The van der Waals surface area contributed by atoms with Gasteiger partial charge in [-0.05, 0) is 54.7 Å². The first kappa shape index (κ1) is 32.7. The number of anilines is 2. The fourth-order valence-electron chi connectivity index (χ4n) is 6.29. The number of nitrogens with one attached hydrogen (secondary N) is 3. The van der Waals surface area contributed by atoms with Gasteiger partial charge in [-0.1, -0.05) is 12.1 Å². The van der Waals surface area contributed by atoms with Gasteiger partial charge in [0.05, 0.1) is 29.5 Å². The van der Waals surface area contributed by atoms with Crippen molar-refractivity contribution in [2.45, 2.75) is 56.6 Å². The molecule has 3 aromatic rings. The van der Waals surface area contributed by atoms with Crippen LogP contribution in [0.25, 0.3) is 5.57 Å². The number of rotatable bonds is 9. The van der Waals surface area contributed by atoms with Gasteiger partial charge in [-0.15, -0.1) is 11.3 Å². The number of nitrogens with zero attached hydrogens (tertiary/aromatic N) is 4. The largest absolute Gasteiger partial charge is 0.374 e. The zero-order valence-corrected chi connectivity index (χ0v) is 27.3. The molecule has 0 spiro atoms. The first-order valence-electron chi connectivity index (χ1n) is 15.1. The van der Waals surface area contributed by atoms with E-state index in [0.29, 0.717) is 53.5 Å². The second kappa shape index (κ2) is 13.1. The molecule has 2 aromatic heterocycles. The van der Waals surface area contributed by atoms with Crippen LogP contribution in [0.2, 0.25) is 0 Å². The van der Waals surface area contributed by atoms with E-state index >= 15 is 0 Å². The first-order chi connectivity index (χ1) is 22.4. The summed E-state index contributed by atoms with van der Waals surface area (Å²) in [7, 11) is -3.09. The van der Waals surface area contributed by atoms with Gasteiger partial charge >= 0.3 is 0 Å². The molecule has 47 heavy (non-hydrogen) atoms. The molecule has 10 nitrogen and oxygen atoms in total. The third-order valence-corrected chi connectivity index (χ3v) is 11.2. The van der Waals surface area contributed by atoms with Crippen molar-refractivity contribution < 1.29 is 26.4 Å². The van der Waals surface area contributed by atoms with E-state index in [1.54, 1.807) is 16.9 Å². The summed E-state index contributed by atoms with van der Waals surface area (Å²) >= 11 is 1.21. The fraction of sp³-hybridized carbons (Fsp3) is 0.375. The van der Waals surface area contributed by atoms with Crippen molar-refractivity contribution in [3.8, 4) is 0 Å². The average Bonchev–Trinajstić information content (AvgIpc) is 3.77. The molecule has 1 saturated heterocycles. The van der Waals surface area contributed by atoms with E-state index in [2.05, 4.69) is 25.5 Å². The summed E-state index contributed by atoms with van der Waals surface area (Å²) in [5, 5.41) is 16.2. The molecule has 0 saturated carbocycles. The standard InChI is InChI=1S/C32H34F3N7O3S2/c1-18-23(19-3-5-21(6-4-19)41-10-7-22(8-11-41)47(2,44)45)14-24(30(34)35)25(27(18)36)15-38-29(31(43)40-32-37-9-12-46-32)28-26-13-20(33)16-42(26)17-39-28/h3-6,9,12,14-15,17,20,22,29-30,36,38H,7-8,10-11,13,16H2,1-2H3,(H,37,40,43)/b25-15-,36-27?/t20-,29?/m1/s1. The van der Waals surface area contributed by atoms with Crippen molar-refractivity contribution in [2.75, 3.05) is 29.6 Å². The van der Waals surface area contributed by atoms with E-state index in [0.717, 1.165) is 5.69 Å². The zero-order chi connectivity index (χ0) is 33.5. The number of thiazole rings is 1. The SMILES string of the molecule is CC1=C(c2ccc(N3CCC(S(C)(=O)=O)CC3)cc2)C=C(C(F)F)/C(=C/NC(C(=O)Nc2nccs2)c2ncn3c2C[C@@H](F)C3)C1=N. The summed E-state index contributed by atoms with van der Waals surface area (Å²) in [5.74, 6) is -0.556. The lowest BCUT2D eigenvalue weighted by Gasteiger charge is -2.33. The molecule has 1 fully saturated rings. The number of aromatic nitrogens is 3. The smallest absolute Gasteiger partial charge is 0.264 e. The van der Waals surface area contributed by atoms with E-state index in [4.69, 9.17) is 5.41 Å². The molecule has 6 rings (SSSR count). The van der Waals surface area contributed by atoms with E-state index in [1.807, 2.05) is 24.3 Å². The maximum absolute atomic E-state index is 14.6. The van der Waals surface area contributed by atoms with Crippen LogP contribution in [0.5, 0.6) is 0 Å². The van der Waals surface area contributed by atoms with Crippen LogP contribution in [0.4, 0.5) is 24.0 Å². The molecule has 1 amide bonds. The Balaban J connectivity index is 1.25. The second-order valence-corrected chi connectivity index (χ2v) is 15.1. The van der Waals surface area contributed by atoms with Gasteiger partial charge in [-0.25, -0.2) is 31.6 Å². The molecule has 248 valence electrons. The van der Waals surface area contributed by atoms with Gasteiger partial charge in [-0.3, -0.25) is 15.5 Å². The molecule has 2 aliphatic heterocycles. The fourth-order valence-corrected chi connectivity index (χ4v) is 7.89. The minimum atomic E-state index is -3.09. The van der Waals surface area contributed by atoms with Crippen LogP contribution in [0.1, 0.15) is 42.8 Å². The third-order valence-electron chi connectivity index (χ3n) is 8.87. The number of amides is 1. The number of fused-ring (bicyclic) bond motifs is 1. The molecule has 3 N–H and O–H groups in total. The van der Waals surface area contributed by atoms with Crippen LogP contribution in [0.3, 0.4) is 0 Å². The summed E-state index contributed by atoms with van der Waals surface area (Å²) < 4.78 is 68.8. The second-order valence-electron chi connectivity index (χ2n) is 11.9. The lowest BCUT2D eigenvalue weighted by Crippen LogP contribution is -2.39. The molecule has 1 aromatic carbocycles. The summed E-state index contributed by atoms with van der Waals surface area (Å²) in [6.45, 7) is 2.99. The van der Waals surface area contributed by atoms with Crippen LogP contribution in [0, 0.1) is 5.41 Å². The molecular formula is C32H34F3N7O3S2. The number of carbonyl (C=O) groups is 1. The van der Waals surface area contributed by atoms with Gasteiger partial charge in [0.25, 0.3) is 12.3 Å². The number of allylic oxidation sites excluding steroid dienone is 5. The Bertz CT molecular complexity index is 1880. The number of benzene rings is 1. The van der Waals surface area contributed by atoms with Crippen LogP contribution < -0.4 is 15.5 Å². The normalized spacial score (nSPS) is 20.5. The summed E-state index contributed by atoms with van der Waals surface area (Å²) in [4.78, 5) is 24.0. The highest BCUT2D eigenvalue weighted by Gasteiger charge is 2.33. The third kappa shape index (κ3) is 6.77. The Morgan fingerprint density at radius 1 is 1.17 bits per heavy atom. The molecule has 1 unspecified atom stereocenters. The number of halogens is 3. The topological polar surface area (TPSA) is 133 Å². The predicted molar refractivity (Wildman–Crippen MR) is 176 cm³/mol. The van der Waals surface area contributed by atoms with Crippen molar-refractivity contribution in [2.24, 2.45) is 0 Å². The van der Waals surface area contributed by atoms with Crippen molar-refractivity contribution in [3.05, 3.63) is 88.1 Å². The molecule has 2 atom stereocenters. The van der Waals surface area contributed by atoms with Gasteiger partial charge in [0.15, 0.2) is 11.2 Å². The Hall–Kier alpha value is -4.24. The summed E-state index contributed by atoms with van der Waals surface area (Å²) in [5.41, 5.74) is 2.73. The van der Waals surface area contributed by atoms with Gasteiger partial charge in [-0.2, -0.15) is 0 Å². The van der Waals surface area contributed by atoms with Gasteiger partial charge < -0.3 is 14.8 Å². The predicted octanol–water partition coefficient (Wildman–Crippen LogP) is 5.10. The molecule has 1 aliphatic carbocycles. The Kier molecular flexibility index (Phi) is 9.12. The van der Waals surface area contributed by atoms with Crippen LogP contribution in [0.15, 0.2) is 71.2 Å². The van der Waals surface area contributed by atoms with Gasteiger partial charge in [0.1, 0.15) is 16.0 Å². The number of imidazole rings is 1. The molecule has 4 heterocycles. The summed E-state index contributed by atoms with van der Waals surface area (Å²) in [6.07, 6.45) is 3.96. The lowest BCUT2D eigenvalue weighted by atomic mass is 9.84. The van der Waals surface area contributed by atoms with Crippen LogP contribution in [-0.2, 0) is 27.6 Å². The number of hydrogen-bond donors (Lipinski definition) is 3. The van der Waals surface area contributed by atoms with E-state index in [1.165, 1.54) is 42.4 Å². The van der Waals surface area contributed by atoms with E-state index < -0.39 is 34.4 Å². The highest BCUT2D eigenvalue weighted by atomic mass is 32.2. The highest BCUT2D eigenvalue weighted by molar-refractivity contribution is 7.91. The van der Waals surface area contributed by atoms with Gasteiger partial charge in [0.2, 0.25) is 0 Å². The number of hydrogen-bond acceptors (Lipinski definition) is 9. The Morgan fingerprint density at radius 2 is 1.89 bits per heavy atom. The quantitative estimate of drug-likeness (QED) is 0.286. The number of piperidine rings is 1. The Morgan fingerprint density at radius 3 is 2.53 bits per heavy atom. The maximum atomic E-state index is 14.6. The van der Waals surface area contributed by atoms with E-state index in [9.17, 15) is 26.4 Å². The van der Waals surface area contributed by atoms with Crippen molar-refractivity contribution >= 4 is 49.2 Å². The summed E-state index contributed by atoms with van der Waals surface area (Å²) in [6, 6.07) is 6.21. The van der Waals surface area contributed by atoms with Crippen molar-refractivity contribution in [3.63, 3.8) is 0 Å². The van der Waals surface area contributed by atoms with Crippen molar-refractivity contribution in [1.82, 2.24) is 19.9 Å². The minimum Gasteiger partial charge on any atom is -0.374 e. The molecule has 15 heteroatoms. The first-order valence-corrected chi connectivity index (χ1v) is 17.9. The van der Waals surface area contributed by atoms with Crippen molar-refractivity contribution in [1.29, 1.82) is 5.41 Å². The van der Waals surface area contributed by atoms with E-state index in [-0.39, 0.29) is 40.8 Å². The van der Waals surface area contributed by atoms with Gasteiger partial charge in [0, 0.05) is 66.1 Å².